The molecule has 0 fully saturated rings. The number of anilines is 1. The quantitative estimate of drug-likeness (QED) is 0.850. The lowest BCUT2D eigenvalue weighted by molar-refractivity contribution is 0.0518. The zero-order valence-electron chi connectivity index (χ0n) is 13.2. The monoisotopic (exact) mass is 317 g/mol. The summed E-state index contributed by atoms with van der Waals surface area (Å²) in [7, 11) is 1.94. The Morgan fingerprint density at radius 2 is 2.13 bits per heavy atom. The number of benzene rings is 1. The standard InChI is InChI=1S/C16H19N3O4/c1-3-21-16(20)15-11(9-17-18-15)10-19(2)12-4-5-13-14(8-12)23-7-6-22-13/h4-5,8-9H,3,6-7,10H2,1-2H3,(H,17,18). The van der Waals surface area contributed by atoms with Crippen LogP contribution >= 0.6 is 0 Å². The highest BCUT2D eigenvalue weighted by molar-refractivity contribution is 5.88. The molecule has 0 bridgehead atoms. The number of aromatic nitrogens is 2. The fourth-order valence-corrected chi connectivity index (χ4v) is 2.43. The smallest absolute Gasteiger partial charge is 0.356 e. The Morgan fingerprint density at radius 3 is 2.91 bits per heavy atom. The molecular weight excluding hydrogens is 298 g/mol. The van der Waals surface area contributed by atoms with Gasteiger partial charge in [0.1, 0.15) is 18.9 Å². The van der Waals surface area contributed by atoms with Gasteiger partial charge in [-0.1, -0.05) is 0 Å². The van der Waals surface area contributed by atoms with Crippen molar-refractivity contribution in [1.82, 2.24) is 10.2 Å². The Labute approximate surface area is 134 Å². The van der Waals surface area contributed by atoms with Gasteiger partial charge in [0.25, 0.3) is 0 Å². The number of ether oxygens (including phenoxy) is 3. The van der Waals surface area contributed by atoms with Crippen LogP contribution in [0.2, 0.25) is 0 Å². The van der Waals surface area contributed by atoms with Gasteiger partial charge in [-0.15, -0.1) is 0 Å². The number of hydrogen-bond donors (Lipinski definition) is 1. The fourth-order valence-electron chi connectivity index (χ4n) is 2.43. The van der Waals surface area contributed by atoms with E-state index in [2.05, 4.69) is 10.2 Å². The first-order valence-electron chi connectivity index (χ1n) is 7.49. The van der Waals surface area contributed by atoms with E-state index in [1.807, 2.05) is 30.1 Å². The molecule has 0 radical (unpaired) electrons. The van der Waals surface area contributed by atoms with Gasteiger partial charge in [-0.3, -0.25) is 5.10 Å². The maximum atomic E-state index is 11.9. The number of aromatic amines is 1. The van der Waals surface area contributed by atoms with Gasteiger partial charge in [-0.05, 0) is 19.1 Å². The van der Waals surface area contributed by atoms with Crippen molar-refractivity contribution in [2.75, 3.05) is 31.8 Å². The molecule has 0 atom stereocenters. The lowest BCUT2D eigenvalue weighted by Crippen LogP contribution is -2.20. The van der Waals surface area contributed by atoms with Crippen molar-refractivity contribution in [3.63, 3.8) is 0 Å². The molecule has 7 heteroatoms. The Bertz CT molecular complexity index is 698. The Hall–Kier alpha value is -2.70. The first-order chi connectivity index (χ1) is 11.2. The van der Waals surface area contributed by atoms with Crippen molar-refractivity contribution < 1.29 is 19.0 Å². The van der Waals surface area contributed by atoms with E-state index in [9.17, 15) is 4.79 Å². The van der Waals surface area contributed by atoms with Gasteiger partial charge in [-0.2, -0.15) is 5.10 Å². The number of rotatable bonds is 5. The van der Waals surface area contributed by atoms with Gasteiger partial charge < -0.3 is 19.1 Å². The topological polar surface area (TPSA) is 76.7 Å². The molecule has 0 spiro atoms. The zero-order valence-corrected chi connectivity index (χ0v) is 13.2. The van der Waals surface area contributed by atoms with E-state index in [0.717, 1.165) is 22.7 Å². The minimum atomic E-state index is -0.393. The van der Waals surface area contributed by atoms with Crippen LogP contribution in [0.5, 0.6) is 11.5 Å². The number of carbonyl (C=O) groups is 1. The molecule has 2 aromatic rings. The second-order valence-electron chi connectivity index (χ2n) is 5.17. The summed E-state index contributed by atoms with van der Waals surface area (Å²) in [6, 6.07) is 5.78. The molecule has 1 aromatic carbocycles. The highest BCUT2D eigenvalue weighted by Gasteiger charge is 2.18. The van der Waals surface area contributed by atoms with Crippen molar-refractivity contribution in [1.29, 1.82) is 0 Å². The van der Waals surface area contributed by atoms with E-state index in [-0.39, 0.29) is 0 Å². The zero-order chi connectivity index (χ0) is 16.2. The molecule has 1 aliphatic rings. The maximum absolute atomic E-state index is 11.9. The highest BCUT2D eigenvalue weighted by Crippen LogP contribution is 2.34. The van der Waals surface area contributed by atoms with Crippen molar-refractivity contribution in [2.24, 2.45) is 0 Å². The highest BCUT2D eigenvalue weighted by atomic mass is 16.6. The summed E-state index contributed by atoms with van der Waals surface area (Å²) in [5, 5.41) is 6.65. The summed E-state index contributed by atoms with van der Waals surface area (Å²) in [6.07, 6.45) is 1.64. The van der Waals surface area contributed by atoms with Crippen LogP contribution in [-0.4, -0.2) is 43.0 Å². The van der Waals surface area contributed by atoms with Crippen LogP contribution in [0.3, 0.4) is 0 Å². The van der Waals surface area contributed by atoms with E-state index in [1.165, 1.54) is 0 Å². The summed E-state index contributed by atoms with van der Waals surface area (Å²) in [5.41, 5.74) is 2.13. The van der Waals surface area contributed by atoms with Gasteiger partial charge in [0, 0.05) is 30.9 Å². The number of H-pyrrole nitrogens is 1. The molecule has 0 saturated carbocycles. The molecule has 1 aromatic heterocycles. The lowest BCUT2D eigenvalue weighted by Gasteiger charge is -2.23. The van der Waals surface area contributed by atoms with Crippen LogP contribution in [0.4, 0.5) is 5.69 Å². The fraction of sp³-hybridized carbons (Fsp3) is 0.375. The van der Waals surface area contributed by atoms with Gasteiger partial charge >= 0.3 is 5.97 Å². The third-order valence-electron chi connectivity index (χ3n) is 3.57. The van der Waals surface area contributed by atoms with Crippen LogP contribution in [0.25, 0.3) is 0 Å². The third kappa shape index (κ3) is 3.23. The molecule has 23 heavy (non-hydrogen) atoms. The molecule has 3 rings (SSSR count). The molecule has 122 valence electrons. The largest absolute Gasteiger partial charge is 0.486 e. The molecular formula is C16H19N3O4. The van der Waals surface area contributed by atoms with Crippen LogP contribution < -0.4 is 14.4 Å². The predicted molar refractivity (Wildman–Crippen MR) is 84.1 cm³/mol. The lowest BCUT2D eigenvalue weighted by atomic mass is 10.2. The Kier molecular flexibility index (Phi) is 4.36. The van der Waals surface area contributed by atoms with Gasteiger partial charge in [0.05, 0.1) is 12.8 Å². The van der Waals surface area contributed by atoms with Gasteiger partial charge in [0.2, 0.25) is 0 Å². The molecule has 7 nitrogen and oxygen atoms in total. The molecule has 0 unspecified atom stereocenters. The summed E-state index contributed by atoms with van der Waals surface area (Å²) >= 11 is 0. The Morgan fingerprint density at radius 1 is 1.35 bits per heavy atom. The second kappa shape index (κ2) is 6.60. The molecule has 0 saturated heterocycles. The average Bonchev–Trinajstić information content (AvgIpc) is 3.03. The maximum Gasteiger partial charge on any atom is 0.356 e. The minimum absolute atomic E-state index is 0.329. The van der Waals surface area contributed by atoms with Crippen molar-refractivity contribution in [2.45, 2.75) is 13.5 Å². The summed E-state index contributed by atoms with van der Waals surface area (Å²) in [5.74, 6) is 1.10. The first-order valence-corrected chi connectivity index (χ1v) is 7.49. The molecule has 2 heterocycles. The average molecular weight is 317 g/mol. The van der Waals surface area contributed by atoms with Crippen molar-refractivity contribution in [3.05, 3.63) is 35.7 Å². The predicted octanol–water partition coefficient (Wildman–Crippen LogP) is 1.99. The molecule has 0 amide bonds. The van der Waals surface area contributed by atoms with E-state index < -0.39 is 5.97 Å². The minimum Gasteiger partial charge on any atom is -0.486 e. The van der Waals surface area contributed by atoms with Crippen molar-refractivity contribution in [3.8, 4) is 11.5 Å². The van der Waals surface area contributed by atoms with E-state index in [1.54, 1.807) is 13.1 Å². The first kappa shape index (κ1) is 15.2. The summed E-state index contributed by atoms with van der Waals surface area (Å²) in [6.45, 7) is 3.74. The molecule has 0 aliphatic carbocycles. The van der Waals surface area contributed by atoms with E-state index in [0.29, 0.717) is 32.1 Å². The molecule has 1 N–H and O–H groups in total. The van der Waals surface area contributed by atoms with Gasteiger partial charge in [0.15, 0.2) is 11.5 Å². The number of carbonyl (C=O) groups excluding carboxylic acids is 1. The van der Waals surface area contributed by atoms with Crippen LogP contribution in [0.15, 0.2) is 24.4 Å². The number of fused-ring (bicyclic) bond motifs is 1. The number of hydrogen-bond acceptors (Lipinski definition) is 6. The van der Waals surface area contributed by atoms with Crippen molar-refractivity contribution >= 4 is 11.7 Å². The summed E-state index contributed by atoms with van der Waals surface area (Å²) < 4.78 is 16.1. The SMILES string of the molecule is CCOC(=O)c1[nH]ncc1CN(C)c1ccc2c(c1)OCCO2. The summed E-state index contributed by atoms with van der Waals surface area (Å²) in [4.78, 5) is 13.9. The van der Waals surface area contributed by atoms with Crippen LogP contribution in [0.1, 0.15) is 23.0 Å². The Balaban J connectivity index is 1.76. The van der Waals surface area contributed by atoms with E-state index >= 15 is 0 Å². The van der Waals surface area contributed by atoms with Gasteiger partial charge in [-0.25, -0.2) is 4.79 Å². The van der Waals surface area contributed by atoms with Crippen LogP contribution in [-0.2, 0) is 11.3 Å². The van der Waals surface area contributed by atoms with E-state index in [4.69, 9.17) is 14.2 Å². The number of nitrogens with zero attached hydrogens (tertiary/aromatic N) is 2. The van der Waals surface area contributed by atoms with Crippen LogP contribution in [0, 0.1) is 0 Å². The normalized spacial score (nSPS) is 12.8. The second-order valence-corrected chi connectivity index (χ2v) is 5.17. The molecule has 1 aliphatic heterocycles. The number of esters is 1. The number of nitrogens with one attached hydrogen (secondary N) is 1. The third-order valence-corrected chi connectivity index (χ3v) is 3.57.